The lowest BCUT2D eigenvalue weighted by molar-refractivity contribution is -0.0208. The van der Waals surface area contributed by atoms with Gasteiger partial charge in [0.25, 0.3) is 0 Å². The smallest absolute Gasteiger partial charge is 0.360 e. The van der Waals surface area contributed by atoms with Crippen molar-refractivity contribution < 1.29 is 14.3 Å². The monoisotopic (exact) mass is 472 g/mol. The van der Waals surface area contributed by atoms with Crippen molar-refractivity contribution in [2.75, 3.05) is 39.2 Å². The van der Waals surface area contributed by atoms with Gasteiger partial charge in [-0.2, -0.15) is 0 Å². The highest BCUT2D eigenvalue weighted by atomic mass is 16.5. The van der Waals surface area contributed by atoms with Crippen molar-refractivity contribution in [3.63, 3.8) is 0 Å². The molecular formula is C26H28N6O3. The van der Waals surface area contributed by atoms with Crippen LogP contribution < -0.4 is 5.32 Å². The van der Waals surface area contributed by atoms with E-state index in [0.29, 0.717) is 17.2 Å². The number of ether oxygens (including phenoxy) is 2. The number of esters is 1. The number of fused-ring (bicyclic) bond motifs is 1. The van der Waals surface area contributed by atoms with Gasteiger partial charge < -0.3 is 24.3 Å². The number of aromatic nitrogens is 4. The summed E-state index contributed by atoms with van der Waals surface area (Å²) in [6.07, 6.45) is 1.80. The lowest BCUT2D eigenvalue weighted by Gasteiger charge is -2.30. The average Bonchev–Trinajstić information content (AvgIpc) is 3.25. The van der Waals surface area contributed by atoms with Crippen LogP contribution in [0.5, 0.6) is 0 Å². The molecule has 35 heavy (non-hydrogen) atoms. The van der Waals surface area contributed by atoms with Crippen LogP contribution in [0, 0.1) is 6.92 Å². The standard InChI is InChI=1S/C26H28N6O3/c1-16-22(19-6-5-7-20-23(19)27-15-32(20)3)30-24(26(33)34-4)25(28-16)29-18-10-8-17(9-11-18)21-14-31(2)12-13-35-21/h5-11,15,21H,12-14H2,1-4H3,(H,28,29). The summed E-state index contributed by atoms with van der Waals surface area (Å²) in [7, 11) is 5.37. The summed E-state index contributed by atoms with van der Waals surface area (Å²) in [6, 6.07) is 13.8. The zero-order valence-corrected chi connectivity index (χ0v) is 20.3. The number of aryl methyl sites for hydroxylation is 2. The van der Waals surface area contributed by atoms with Crippen LogP contribution in [-0.2, 0) is 16.5 Å². The van der Waals surface area contributed by atoms with Crippen LogP contribution in [0.2, 0.25) is 0 Å². The molecule has 0 amide bonds. The molecule has 0 aliphatic carbocycles. The van der Waals surface area contributed by atoms with Crippen LogP contribution in [0.1, 0.15) is 27.8 Å². The molecule has 0 spiro atoms. The number of nitrogens with one attached hydrogen (secondary N) is 1. The Bertz CT molecular complexity index is 1380. The molecule has 180 valence electrons. The Morgan fingerprint density at radius 3 is 2.69 bits per heavy atom. The third-order valence-electron chi connectivity index (χ3n) is 6.27. The van der Waals surface area contributed by atoms with Gasteiger partial charge in [-0.05, 0) is 37.7 Å². The van der Waals surface area contributed by atoms with Crippen molar-refractivity contribution in [3.8, 4) is 11.3 Å². The van der Waals surface area contributed by atoms with Gasteiger partial charge in [-0.25, -0.2) is 19.7 Å². The Balaban J connectivity index is 1.48. The predicted molar refractivity (Wildman–Crippen MR) is 134 cm³/mol. The highest BCUT2D eigenvalue weighted by Crippen LogP contribution is 2.31. The molecule has 1 saturated heterocycles. The molecule has 1 unspecified atom stereocenters. The number of hydrogen-bond acceptors (Lipinski definition) is 8. The quantitative estimate of drug-likeness (QED) is 0.438. The maximum Gasteiger partial charge on any atom is 0.360 e. The van der Waals surface area contributed by atoms with Gasteiger partial charge >= 0.3 is 5.97 Å². The molecule has 0 bridgehead atoms. The number of hydrogen-bond donors (Lipinski definition) is 1. The van der Waals surface area contributed by atoms with Crippen molar-refractivity contribution in [1.82, 2.24) is 24.4 Å². The summed E-state index contributed by atoms with van der Waals surface area (Å²) in [5.41, 5.74) is 5.86. The van der Waals surface area contributed by atoms with Gasteiger partial charge in [0.05, 0.1) is 48.6 Å². The Morgan fingerprint density at radius 1 is 1.14 bits per heavy atom. The van der Waals surface area contributed by atoms with Gasteiger partial charge in [0, 0.05) is 31.4 Å². The molecule has 1 N–H and O–H groups in total. The molecule has 2 aromatic carbocycles. The number of carbonyl (C=O) groups excluding carboxylic acids is 1. The molecular weight excluding hydrogens is 444 g/mol. The van der Waals surface area contributed by atoms with Crippen LogP contribution in [0.15, 0.2) is 48.8 Å². The topological polar surface area (TPSA) is 94.4 Å². The maximum atomic E-state index is 12.7. The number of likely N-dealkylation sites (N-methyl/N-ethyl adjacent to an activating group) is 1. The Kier molecular flexibility index (Phi) is 6.19. The number of carbonyl (C=O) groups is 1. The molecule has 0 radical (unpaired) electrons. The number of rotatable bonds is 5. The second-order valence-electron chi connectivity index (χ2n) is 8.74. The maximum absolute atomic E-state index is 12.7. The van der Waals surface area contributed by atoms with E-state index in [-0.39, 0.29) is 11.8 Å². The fraction of sp³-hybridized carbons (Fsp3) is 0.308. The summed E-state index contributed by atoms with van der Waals surface area (Å²) < 4.78 is 12.9. The second kappa shape index (κ2) is 9.44. The Morgan fingerprint density at radius 2 is 1.94 bits per heavy atom. The van der Waals surface area contributed by atoms with Gasteiger partial charge in [-0.3, -0.25) is 0 Å². The minimum Gasteiger partial charge on any atom is -0.464 e. The fourth-order valence-corrected chi connectivity index (χ4v) is 4.35. The number of methoxy groups -OCH3 is 1. The van der Waals surface area contributed by atoms with E-state index in [2.05, 4.69) is 22.2 Å². The molecule has 5 rings (SSSR count). The highest BCUT2D eigenvalue weighted by molar-refractivity contribution is 5.96. The van der Waals surface area contributed by atoms with Crippen molar-refractivity contribution >= 4 is 28.5 Å². The van der Waals surface area contributed by atoms with E-state index in [9.17, 15) is 4.79 Å². The average molecular weight is 473 g/mol. The molecule has 1 aliphatic heterocycles. The van der Waals surface area contributed by atoms with Crippen molar-refractivity contribution in [1.29, 1.82) is 0 Å². The van der Waals surface area contributed by atoms with E-state index in [0.717, 1.165) is 47.5 Å². The van der Waals surface area contributed by atoms with Crippen LogP contribution in [0.3, 0.4) is 0 Å². The molecule has 3 heterocycles. The number of nitrogens with zero attached hydrogens (tertiary/aromatic N) is 5. The molecule has 9 nitrogen and oxygen atoms in total. The largest absolute Gasteiger partial charge is 0.464 e. The number of imidazole rings is 1. The molecule has 2 aromatic heterocycles. The van der Waals surface area contributed by atoms with E-state index in [1.165, 1.54) is 7.11 Å². The second-order valence-corrected chi connectivity index (χ2v) is 8.74. The number of anilines is 2. The van der Waals surface area contributed by atoms with Crippen LogP contribution in [0.25, 0.3) is 22.3 Å². The van der Waals surface area contributed by atoms with E-state index in [1.54, 1.807) is 6.33 Å². The van der Waals surface area contributed by atoms with Crippen LogP contribution in [-0.4, -0.2) is 64.2 Å². The third kappa shape index (κ3) is 4.48. The predicted octanol–water partition coefficient (Wildman–Crippen LogP) is 3.87. The van der Waals surface area contributed by atoms with Gasteiger partial charge in [-0.15, -0.1) is 0 Å². The van der Waals surface area contributed by atoms with Gasteiger partial charge in [0.2, 0.25) is 0 Å². The fourth-order valence-electron chi connectivity index (χ4n) is 4.35. The first-order valence-corrected chi connectivity index (χ1v) is 11.5. The van der Waals surface area contributed by atoms with E-state index < -0.39 is 5.97 Å². The van der Waals surface area contributed by atoms with Gasteiger partial charge in [0.15, 0.2) is 11.5 Å². The molecule has 1 atom stereocenters. The number of benzene rings is 2. The third-order valence-corrected chi connectivity index (χ3v) is 6.27. The first-order chi connectivity index (χ1) is 16.9. The SMILES string of the molecule is COC(=O)c1nc(-c2cccc3c2ncn3C)c(C)nc1Nc1ccc(C2CN(C)CCO2)cc1. The zero-order chi connectivity index (χ0) is 24.5. The summed E-state index contributed by atoms with van der Waals surface area (Å²) in [5.74, 6) is -0.225. The van der Waals surface area contributed by atoms with Gasteiger partial charge in [-0.1, -0.05) is 24.3 Å². The summed E-state index contributed by atoms with van der Waals surface area (Å²) in [6.45, 7) is 4.39. The van der Waals surface area contributed by atoms with E-state index in [4.69, 9.17) is 19.4 Å². The van der Waals surface area contributed by atoms with Crippen LogP contribution in [0.4, 0.5) is 11.5 Å². The number of para-hydroxylation sites is 1. The number of morpholine rings is 1. The van der Waals surface area contributed by atoms with Crippen molar-refractivity contribution in [3.05, 3.63) is 65.7 Å². The zero-order valence-electron chi connectivity index (χ0n) is 20.3. The highest BCUT2D eigenvalue weighted by Gasteiger charge is 2.22. The van der Waals surface area contributed by atoms with Crippen LogP contribution >= 0.6 is 0 Å². The molecule has 4 aromatic rings. The summed E-state index contributed by atoms with van der Waals surface area (Å²) in [4.78, 5) is 28.9. The van der Waals surface area contributed by atoms with Gasteiger partial charge in [0.1, 0.15) is 0 Å². The Labute approximate surface area is 203 Å². The minimum atomic E-state index is -0.565. The molecule has 1 aliphatic rings. The van der Waals surface area contributed by atoms with E-state index >= 15 is 0 Å². The molecule has 1 fully saturated rings. The summed E-state index contributed by atoms with van der Waals surface area (Å²) in [5, 5.41) is 3.24. The lowest BCUT2D eigenvalue weighted by atomic mass is 10.1. The van der Waals surface area contributed by atoms with Crippen molar-refractivity contribution in [2.24, 2.45) is 7.05 Å². The lowest BCUT2D eigenvalue weighted by Crippen LogP contribution is -2.35. The molecule has 9 heteroatoms. The Hall–Kier alpha value is -3.82. The summed E-state index contributed by atoms with van der Waals surface area (Å²) >= 11 is 0. The van der Waals surface area contributed by atoms with E-state index in [1.807, 2.05) is 61.0 Å². The van der Waals surface area contributed by atoms with Crippen molar-refractivity contribution in [2.45, 2.75) is 13.0 Å². The first-order valence-electron chi connectivity index (χ1n) is 11.5. The normalized spacial score (nSPS) is 16.4. The molecule has 0 saturated carbocycles. The minimum absolute atomic E-state index is 0.0454. The first kappa shape index (κ1) is 22.9.